The Morgan fingerprint density at radius 2 is 2.00 bits per heavy atom. The van der Waals surface area contributed by atoms with Gasteiger partial charge in [-0.2, -0.15) is 18.4 Å². The van der Waals surface area contributed by atoms with Crippen LogP contribution in [0.5, 0.6) is 0 Å². The van der Waals surface area contributed by atoms with E-state index in [1.165, 1.54) is 13.0 Å². The van der Waals surface area contributed by atoms with Crippen LogP contribution in [-0.2, 0) is 21.0 Å². The molecule has 0 bridgehead atoms. The van der Waals surface area contributed by atoms with Crippen molar-refractivity contribution >= 4 is 15.9 Å². The molecule has 0 radical (unpaired) electrons. The minimum absolute atomic E-state index is 0.334. The molecule has 0 saturated carbocycles. The van der Waals surface area contributed by atoms with E-state index in [2.05, 4.69) is 0 Å². The molecular formula is C13H13F3N2O3S. The van der Waals surface area contributed by atoms with Crippen molar-refractivity contribution in [2.75, 3.05) is 0 Å². The normalized spacial score (nSPS) is 13.3. The van der Waals surface area contributed by atoms with Crippen LogP contribution in [0.25, 0.3) is 0 Å². The number of alkyl halides is 3. The zero-order valence-electron chi connectivity index (χ0n) is 11.7. The largest absolute Gasteiger partial charge is 0.417 e. The number of nitriles is 1. The lowest BCUT2D eigenvalue weighted by atomic mass is 10.1. The van der Waals surface area contributed by atoms with Gasteiger partial charge in [0.2, 0.25) is 5.91 Å². The lowest BCUT2D eigenvalue weighted by Gasteiger charge is -2.15. The van der Waals surface area contributed by atoms with Crippen molar-refractivity contribution in [1.29, 1.82) is 5.26 Å². The van der Waals surface area contributed by atoms with Crippen molar-refractivity contribution in [3.63, 3.8) is 0 Å². The zero-order valence-corrected chi connectivity index (χ0v) is 12.5. The van der Waals surface area contributed by atoms with Crippen LogP contribution in [0.4, 0.5) is 13.2 Å². The number of amides is 1. The van der Waals surface area contributed by atoms with Crippen LogP contribution in [0, 0.1) is 17.2 Å². The summed E-state index contributed by atoms with van der Waals surface area (Å²) in [5.74, 6) is -1.55. The third-order valence-corrected chi connectivity index (χ3v) is 4.40. The summed E-state index contributed by atoms with van der Waals surface area (Å²) in [6, 6.07) is 3.54. The highest BCUT2D eigenvalue weighted by Crippen LogP contribution is 2.34. The molecule has 1 amide bonds. The van der Waals surface area contributed by atoms with E-state index in [9.17, 15) is 26.4 Å². The molecule has 120 valence electrons. The van der Waals surface area contributed by atoms with Gasteiger partial charge in [-0.25, -0.2) is 13.1 Å². The number of sulfonamides is 1. The van der Waals surface area contributed by atoms with Crippen molar-refractivity contribution < 1.29 is 26.4 Å². The van der Waals surface area contributed by atoms with E-state index in [0.29, 0.717) is 18.6 Å². The molecule has 0 aliphatic carbocycles. The number of rotatable bonds is 4. The molecule has 1 aromatic carbocycles. The Labute approximate surface area is 125 Å². The van der Waals surface area contributed by atoms with E-state index in [1.807, 2.05) is 0 Å². The van der Waals surface area contributed by atoms with E-state index in [4.69, 9.17) is 5.26 Å². The quantitative estimate of drug-likeness (QED) is 0.916. The van der Waals surface area contributed by atoms with Crippen LogP contribution in [0.2, 0.25) is 0 Å². The Morgan fingerprint density at radius 1 is 1.41 bits per heavy atom. The lowest BCUT2D eigenvalue weighted by molar-refractivity contribution is -0.140. The molecule has 0 saturated heterocycles. The maximum absolute atomic E-state index is 13.0. The summed E-state index contributed by atoms with van der Waals surface area (Å²) in [5.41, 5.74) is -1.82. The van der Waals surface area contributed by atoms with Crippen molar-refractivity contribution in [2.24, 2.45) is 5.92 Å². The molecule has 0 heterocycles. The van der Waals surface area contributed by atoms with Crippen LogP contribution in [0.15, 0.2) is 23.1 Å². The average molecular weight is 334 g/mol. The highest BCUT2D eigenvalue weighted by atomic mass is 32.2. The van der Waals surface area contributed by atoms with Crippen molar-refractivity contribution in [2.45, 2.75) is 31.3 Å². The van der Waals surface area contributed by atoms with Gasteiger partial charge in [0, 0.05) is 5.92 Å². The smallest absolute Gasteiger partial charge is 0.274 e. The van der Waals surface area contributed by atoms with E-state index in [0.717, 1.165) is 6.07 Å². The fourth-order valence-corrected chi connectivity index (χ4v) is 2.82. The Kier molecular flexibility index (Phi) is 5.19. The molecule has 1 rings (SSSR count). The molecule has 5 nitrogen and oxygen atoms in total. The second-order valence-corrected chi connectivity index (χ2v) is 6.25. The first-order valence-electron chi connectivity index (χ1n) is 6.21. The maximum Gasteiger partial charge on any atom is 0.417 e. The van der Waals surface area contributed by atoms with Crippen molar-refractivity contribution in [3.8, 4) is 6.07 Å². The molecule has 0 spiro atoms. The number of carbonyl (C=O) groups is 1. The van der Waals surface area contributed by atoms with Crippen LogP contribution < -0.4 is 4.72 Å². The topological polar surface area (TPSA) is 87.0 Å². The minimum Gasteiger partial charge on any atom is -0.274 e. The molecule has 1 atom stereocenters. The van der Waals surface area contributed by atoms with Gasteiger partial charge in [0.05, 0.1) is 22.1 Å². The molecule has 0 unspecified atom stereocenters. The molecular weight excluding hydrogens is 321 g/mol. The summed E-state index contributed by atoms with van der Waals surface area (Å²) in [5, 5.41) is 8.64. The standard InChI is InChI=1S/C13H13F3N2O3S/c1-3-8(2)12(19)18-22(20,21)11-5-4-9(7-17)6-10(11)13(14,15)16/h4-6,8H,3H2,1-2H3,(H,18,19)/t8-/m1/s1. The summed E-state index contributed by atoms with van der Waals surface area (Å²) >= 11 is 0. The Bertz CT molecular complexity index is 721. The number of carbonyl (C=O) groups excluding carboxylic acids is 1. The van der Waals surface area contributed by atoms with Gasteiger partial charge in [0.15, 0.2) is 0 Å². The van der Waals surface area contributed by atoms with Crippen LogP contribution in [0.1, 0.15) is 31.4 Å². The van der Waals surface area contributed by atoms with Gasteiger partial charge in [-0.15, -0.1) is 0 Å². The van der Waals surface area contributed by atoms with Gasteiger partial charge in [0.25, 0.3) is 10.0 Å². The Morgan fingerprint density at radius 3 is 2.45 bits per heavy atom. The summed E-state index contributed by atoms with van der Waals surface area (Å²) in [6.07, 6.45) is -4.64. The molecule has 0 aliphatic rings. The van der Waals surface area contributed by atoms with Gasteiger partial charge in [-0.3, -0.25) is 4.79 Å². The maximum atomic E-state index is 13.0. The summed E-state index contributed by atoms with van der Waals surface area (Å²) in [4.78, 5) is 10.5. The second-order valence-electron chi connectivity index (χ2n) is 4.60. The molecule has 0 fully saturated rings. The first kappa shape index (κ1) is 18.0. The van der Waals surface area contributed by atoms with Crippen LogP contribution in [0.3, 0.4) is 0 Å². The van der Waals surface area contributed by atoms with Gasteiger partial charge >= 0.3 is 6.18 Å². The predicted octanol–water partition coefficient (Wildman–Crippen LogP) is 2.43. The lowest BCUT2D eigenvalue weighted by Crippen LogP contribution is -2.35. The van der Waals surface area contributed by atoms with E-state index in [1.54, 1.807) is 11.6 Å². The first-order valence-corrected chi connectivity index (χ1v) is 7.69. The van der Waals surface area contributed by atoms with Crippen LogP contribution in [-0.4, -0.2) is 14.3 Å². The van der Waals surface area contributed by atoms with Gasteiger partial charge < -0.3 is 0 Å². The zero-order chi connectivity index (χ0) is 17.1. The number of halogens is 3. The summed E-state index contributed by atoms with van der Waals surface area (Å²) in [6.45, 7) is 3.09. The van der Waals surface area contributed by atoms with Gasteiger partial charge in [-0.1, -0.05) is 13.8 Å². The predicted molar refractivity (Wildman–Crippen MR) is 70.9 cm³/mol. The third kappa shape index (κ3) is 3.98. The van der Waals surface area contributed by atoms with Gasteiger partial charge in [0.1, 0.15) is 0 Å². The molecule has 1 aromatic rings. The molecule has 1 N–H and O–H groups in total. The Hall–Kier alpha value is -2.08. The monoisotopic (exact) mass is 334 g/mol. The summed E-state index contributed by atoms with van der Waals surface area (Å²) in [7, 11) is -4.68. The number of hydrogen-bond acceptors (Lipinski definition) is 4. The van der Waals surface area contributed by atoms with Gasteiger partial charge in [-0.05, 0) is 24.6 Å². The SMILES string of the molecule is CC[C@@H](C)C(=O)NS(=O)(=O)c1ccc(C#N)cc1C(F)(F)F. The molecule has 9 heteroatoms. The van der Waals surface area contributed by atoms with E-state index in [-0.39, 0.29) is 5.56 Å². The molecule has 22 heavy (non-hydrogen) atoms. The molecule has 0 aliphatic heterocycles. The fourth-order valence-electron chi connectivity index (χ4n) is 1.53. The number of benzene rings is 1. The first-order chi connectivity index (χ1) is 10.0. The average Bonchev–Trinajstić information content (AvgIpc) is 2.44. The van der Waals surface area contributed by atoms with Crippen molar-refractivity contribution in [3.05, 3.63) is 29.3 Å². The number of nitrogens with one attached hydrogen (secondary N) is 1. The summed E-state index contributed by atoms with van der Waals surface area (Å²) < 4.78 is 64.6. The van der Waals surface area contributed by atoms with Crippen LogP contribution >= 0.6 is 0 Å². The molecule has 0 aromatic heterocycles. The minimum atomic E-state index is -4.98. The number of nitrogens with zero attached hydrogens (tertiary/aromatic N) is 1. The fraction of sp³-hybridized carbons (Fsp3) is 0.385. The van der Waals surface area contributed by atoms with E-state index < -0.39 is 38.5 Å². The highest BCUT2D eigenvalue weighted by Gasteiger charge is 2.38. The second kappa shape index (κ2) is 6.36. The Balaban J connectivity index is 3.37. The highest BCUT2D eigenvalue weighted by molar-refractivity contribution is 7.90. The van der Waals surface area contributed by atoms with Crippen molar-refractivity contribution in [1.82, 2.24) is 4.72 Å². The number of hydrogen-bond donors (Lipinski definition) is 1. The van der Waals surface area contributed by atoms with E-state index >= 15 is 0 Å². The third-order valence-electron chi connectivity index (χ3n) is 3.00.